The van der Waals surface area contributed by atoms with E-state index in [-0.39, 0.29) is 5.91 Å². The lowest BCUT2D eigenvalue weighted by atomic mass is 10.1. The summed E-state index contributed by atoms with van der Waals surface area (Å²) in [6, 6.07) is 0. The van der Waals surface area contributed by atoms with Crippen LogP contribution in [0.4, 0.5) is 5.69 Å². The van der Waals surface area contributed by atoms with E-state index >= 15 is 0 Å². The minimum atomic E-state index is -0.0357. The average molecular weight is 265 g/mol. The summed E-state index contributed by atoms with van der Waals surface area (Å²) >= 11 is 0. The fourth-order valence-electron chi connectivity index (χ4n) is 2.70. The summed E-state index contributed by atoms with van der Waals surface area (Å²) in [4.78, 5) is 16.5. The zero-order valence-corrected chi connectivity index (χ0v) is 12.0. The van der Waals surface area contributed by atoms with Crippen molar-refractivity contribution in [3.8, 4) is 0 Å². The van der Waals surface area contributed by atoms with Gasteiger partial charge in [0.15, 0.2) is 0 Å². The first-order valence-corrected chi connectivity index (χ1v) is 6.78. The van der Waals surface area contributed by atoms with Crippen molar-refractivity contribution in [2.75, 3.05) is 39.5 Å². The summed E-state index contributed by atoms with van der Waals surface area (Å²) in [6.07, 6.45) is 2.70. The number of amides is 1. The van der Waals surface area contributed by atoms with Gasteiger partial charge in [0.2, 0.25) is 0 Å². The molecule has 1 fully saturated rings. The Balaban J connectivity index is 2.04. The van der Waals surface area contributed by atoms with E-state index in [2.05, 4.69) is 17.0 Å². The van der Waals surface area contributed by atoms with Crippen LogP contribution in [0.15, 0.2) is 6.20 Å². The number of carbonyl (C=O) groups excluding carboxylic acids is 1. The molecular formula is C13H23N5O. The third kappa shape index (κ3) is 2.89. The molecule has 1 aromatic heterocycles. The van der Waals surface area contributed by atoms with Gasteiger partial charge >= 0.3 is 0 Å². The molecule has 1 amide bonds. The topological polar surface area (TPSA) is 67.4 Å². The molecule has 1 atom stereocenters. The maximum atomic E-state index is 12.4. The zero-order chi connectivity index (χ0) is 14.0. The molecule has 0 aliphatic carbocycles. The van der Waals surface area contributed by atoms with E-state index < -0.39 is 0 Å². The first-order chi connectivity index (χ1) is 9.02. The lowest BCUT2D eigenvalue weighted by Gasteiger charge is -2.21. The molecule has 0 radical (unpaired) electrons. The number of carbonyl (C=O) groups is 1. The molecule has 0 bridgehead atoms. The fourth-order valence-corrected chi connectivity index (χ4v) is 2.70. The fraction of sp³-hybridized carbons (Fsp3) is 0.692. The molecule has 1 saturated heterocycles. The van der Waals surface area contributed by atoms with E-state index in [1.165, 1.54) is 0 Å². The maximum absolute atomic E-state index is 12.4. The van der Waals surface area contributed by atoms with Gasteiger partial charge in [-0.05, 0) is 32.9 Å². The zero-order valence-electron chi connectivity index (χ0n) is 12.0. The Morgan fingerprint density at radius 2 is 2.37 bits per heavy atom. The maximum Gasteiger partial charge on any atom is 0.274 e. The lowest BCUT2D eigenvalue weighted by Crippen LogP contribution is -2.34. The van der Waals surface area contributed by atoms with Gasteiger partial charge in [0.25, 0.3) is 5.91 Å². The minimum absolute atomic E-state index is 0.0357. The number of aromatic nitrogens is 2. The number of anilines is 1. The smallest absolute Gasteiger partial charge is 0.274 e. The predicted octanol–water partition coefficient (Wildman–Crippen LogP) is 0.509. The Labute approximate surface area is 114 Å². The van der Waals surface area contributed by atoms with Gasteiger partial charge in [-0.3, -0.25) is 9.48 Å². The van der Waals surface area contributed by atoms with Crippen molar-refractivity contribution in [2.45, 2.75) is 19.9 Å². The van der Waals surface area contributed by atoms with Gasteiger partial charge in [0.05, 0.1) is 11.9 Å². The van der Waals surface area contributed by atoms with Crippen LogP contribution < -0.4 is 5.73 Å². The lowest BCUT2D eigenvalue weighted by molar-refractivity contribution is 0.0763. The Morgan fingerprint density at radius 3 is 2.95 bits per heavy atom. The summed E-state index contributed by atoms with van der Waals surface area (Å²) in [5.74, 6) is 0.518. The summed E-state index contributed by atoms with van der Waals surface area (Å²) < 4.78 is 1.66. The van der Waals surface area contributed by atoms with Crippen LogP contribution in [-0.2, 0) is 6.54 Å². The van der Waals surface area contributed by atoms with Crippen molar-refractivity contribution in [1.82, 2.24) is 19.6 Å². The number of aryl methyl sites for hydroxylation is 1. The first-order valence-electron chi connectivity index (χ1n) is 6.78. The van der Waals surface area contributed by atoms with E-state index in [1.807, 2.05) is 14.0 Å². The van der Waals surface area contributed by atoms with Crippen LogP contribution in [0.3, 0.4) is 0 Å². The molecule has 2 rings (SSSR count). The molecule has 2 heterocycles. The summed E-state index contributed by atoms with van der Waals surface area (Å²) in [7, 11) is 3.96. The van der Waals surface area contributed by atoms with E-state index in [0.717, 1.165) is 26.1 Å². The van der Waals surface area contributed by atoms with Crippen molar-refractivity contribution in [1.29, 1.82) is 0 Å². The van der Waals surface area contributed by atoms with Gasteiger partial charge in [0, 0.05) is 26.7 Å². The Hall–Kier alpha value is -1.56. The van der Waals surface area contributed by atoms with Crippen LogP contribution in [0.5, 0.6) is 0 Å². The van der Waals surface area contributed by atoms with Crippen LogP contribution in [0.1, 0.15) is 23.8 Å². The van der Waals surface area contributed by atoms with Gasteiger partial charge in [0.1, 0.15) is 5.69 Å². The van der Waals surface area contributed by atoms with Gasteiger partial charge in [-0.2, -0.15) is 5.10 Å². The van der Waals surface area contributed by atoms with Crippen molar-refractivity contribution in [3.63, 3.8) is 0 Å². The van der Waals surface area contributed by atoms with Crippen molar-refractivity contribution < 1.29 is 4.79 Å². The number of rotatable bonds is 4. The Kier molecular flexibility index (Phi) is 4.09. The molecule has 6 heteroatoms. The monoisotopic (exact) mass is 265 g/mol. The summed E-state index contributed by atoms with van der Waals surface area (Å²) in [5, 5.41) is 4.12. The molecule has 106 valence electrons. The highest BCUT2D eigenvalue weighted by Crippen LogP contribution is 2.18. The molecule has 0 spiro atoms. The third-order valence-electron chi connectivity index (χ3n) is 3.74. The molecule has 0 saturated carbocycles. The second-order valence-corrected chi connectivity index (χ2v) is 5.37. The molecule has 1 aromatic rings. The molecule has 6 nitrogen and oxygen atoms in total. The molecular weight excluding hydrogens is 242 g/mol. The van der Waals surface area contributed by atoms with E-state index in [1.54, 1.807) is 15.8 Å². The molecule has 19 heavy (non-hydrogen) atoms. The van der Waals surface area contributed by atoms with Crippen molar-refractivity contribution in [2.24, 2.45) is 5.92 Å². The van der Waals surface area contributed by atoms with Crippen LogP contribution in [0.2, 0.25) is 0 Å². The highest BCUT2D eigenvalue weighted by molar-refractivity contribution is 5.97. The van der Waals surface area contributed by atoms with Crippen LogP contribution in [0, 0.1) is 5.92 Å². The summed E-state index contributed by atoms with van der Waals surface area (Å²) in [5.41, 5.74) is 6.82. The SMILES string of the molecule is CCn1ncc(N)c1C(=O)N(C)CC1CCN(C)C1. The molecule has 1 aliphatic rings. The number of likely N-dealkylation sites (tertiary alicyclic amines) is 1. The quantitative estimate of drug-likeness (QED) is 0.861. The third-order valence-corrected chi connectivity index (χ3v) is 3.74. The van der Waals surface area contributed by atoms with E-state index in [4.69, 9.17) is 5.73 Å². The molecule has 2 N–H and O–H groups in total. The Bertz CT molecular complexity index is 456. The van der Waals surface area contributed by atoms with E-state index in [0.29, 0.717) is 23.8 Å². The van der Waals surface area contributed by atoms with Crippen molar-refractivity contribution in [3.05, 3.63) is 11.9 Å². The molecule has 1 aliphatic heterocycles. The number of nitrogens with two attached hydrogens (primary N) is 1. The normalized spacial score (nSPS) is 19.8. The number of nitrogens with zero attached hydrogens (tertiary/aromatic N) is 4. The number of hydrogen-bond donors (Lipinski definition) is 1. The highest BCUT2D eigenvalue weighted by atomic mass is 16.2. The van der Waals surface area contributed by atoms with Crippen LogP contribution in [-0.4, -0.2) is 59.2 Å². The minimum Gasteiger partial charge on any atom is -0.396 e. The van der Waals surface area contributed by atoms with Crippen LogP contribution >= 0.6 is 0 Å². The predicted molar refractivity (Wildman–Crippen MR) is 74.9 cm³/mol. The van der Waals surface area contributed by atoms with Gasteiger partial charge in [-0.15, -0.1) is 0 Å². The average Bonchev–Trinajstić information content (AvgIpc) is 2.94. The second kappa shape index (κ2) is 5.61. The first kappa shape index (κ1) is 13.9. The largest absolute Gasteiger partial charge is 0.396 e. The number of nitrogen functional groups attached to an aromatic ring is 1. The van der Waals surface area contributed by atoms with Gasteiger partial charge < -0.3 is 15.5 Å². The highest BCUT2D eigenvalue weighted by Gasteiger charge is 2.25. The second-order valence-electron chi connectivity index (χ2n) is 5.37. The molecule has 1 unspecified atom stereocenters. The van der Waals surface area contributed by atoms with E-state index in [9.17, 15) is 4.79 Å². The Morgan fingerprint density at radius 1 is 1.63 bits per heavy atom. The van der Waals surface area contributed by atoms with Crippen LogP contribution in [0.25, 0.3) is 0 Å². The van der Waals surface area contributed by atoms with Gasteiger partial charge in [-0.25, -0.2) is 0 Å². The summed E-state index contributed by atoms with van der Waals surface area (Å²) in [6.45, 7) is 5.55. The standard InChI is InChI=1S/C13H23N5O/c1-4-18-12(11(14)7-15-18)13(19)17(3)9-10-5-6-16(2)8-10/h7,10H,4-6,8-9,14H2,1-3H3. The van der Waals surface area contributed by atoms with Crippen molar-refractivity contribution >= 4 is 11.6 Å². The van der Waals surface area contributed by atoms with Gasteiger partial charge in [-0.1, -0.05) is 0 Å². The molecule has 0 aromatic carbocycles. The number of hydrogen-bond acceptors (Lipinski definition) is 4.